The van der Waals surface area contributed by atoms with Crippen LogP contribution >= 0.6 is 11.3 Å². The number of aromatic nitrogens is 1. The van der Waals surface area contributed by atoms with Gasteiger partial charge in [0.1, 0.15) is 0 Å². The molecule has 0 bridgehead atoms. The SMILES string of the molecule is CCO/C=C/C(=O)c1nccs1. The highest BCUT2D eigenvalue weighted by molar-refractivity contribution is 7.11. The zero-order chi connectivity index (χ0) is 8.81. The third-order valence-corrected chi connectivity index (χ3v) is 1.91. The molecule has 0 N–H and O–H groups in total. The van der Waals surface area contributed by atoms with Crippen LogP contribution < -0.4 is 0 Å². The molecule has 1 heterocycles. The van der Waals surface area contributed by atoms with E-state index in [9.17, 15) is 4.79 Å². The number of carbonyl (C=O) groups excluding carboxylic acids is 1. The summed E-state index contributed by atoms with van der Waals surface area (Å²) in [6, 6.07) is 0. The fraction of sp³-hybridized carbons (Fsp3) is 0.250. The van der Waals surface area contributed by atoms with Crippen molar-refractivity contribution < 1.29 is 9.53 Å². The predicted molar refractivity (Wildman–Crippen MR) is 47.2 cm³/mol. The number of rotatable bonds is 4. The Bertz CT molecular complexity index is 267. The van der Waals surface area contributed by atoms with Crippen molar-refractivity contribution in [2.45, 2.75) is 6.92 Å². The van der Waals surface area contributed by atoms with Crippen molar-refractivity contribution in [3.05, 3.63) is 28.9 Å². The minimum atomic E-state index is -0.113. The van der Waals surface area contributed by atoms with Crippen LogP contribution in [0.15, 0.2) is 23.9 Å². The van der Waals surface area contributed by atoms with E-state index < -0.39 is 0 Å². The second kappa shape index (κ2) is 4.66. The number of hydrogen-bond donors (Lipinski definition) is 0. The molecule has 3 nitrogen and oxygen atoms in total. The molecule has 0 amide bonds. The Labute approximate surface area is 74.7 Å². The Morgan fingerprint density at radius 1 is 1.83 bits per heavy atom. The minimum absolute atomic E-state index is 0.113. The van der Waals surface area contributed by atoms with E-state index in [4.69, 9.17) is 4.74 Å². The molecule has 0 radical (unpaired) electrons. The first kappa shape index (κ1) is 8.93. The summed E-state index contributed by atoms with van der Waals surface area (Å²) in [5, 5.41) is 2.26. The van der Waals surface area contributed by atoms with Crippen molar-refractivity contribution in [2.75, 3.05) is 6.61 Å². The number of thiazole rings is 1. The summed E-state index contributed by atoms with van der Waals surface area (Å²) in [5.41, 5.74) is 0. The zero-order valence-electron chi connectivity index (χ0n) is 6.69. The highest BCUT2D eigenvalue weighted by Gasteiger charge is 2.02. The molecule has 0 saturated heterocycles. The molecule has 1 aromatic heterocycles. The van der Waals surface area contributed by atoms with Crippen LogP contribution in [0.25, 0.3) is 0 Å². The molecule has 0 aromatic carbocycles. The van der Waals surface area contributed by atoms with Gasteiger partial charge in [-0.1, -0.05) is 0 Å². The van der Waals surface area contributed by atoms with Crippen molar-refractivity contribution in [1.29, 1.82) is 0 Å². The van der Waals surface area contributed by atoms with E-state index in [1.807, 2.05) is 6.92 Å². The van der Waals surface area contributed by atoms with Crippen LogP contribution in [0, 0.1) is 0 Å². The van der Waals surface area contributed by atoms with E-state index in [-0.39, 0.29) is 5.78 Å². The number of ketones is 1. The third-order valence-electron chi connectivity index (χ3n) is 1.13. The van der Waals surface area contributed by atoms with Crippen LogP contribution in [-0.4, -0.2) is 17.4 Å². The number of ether oxygens (including phenoxy) is 1. The van der Waals surface area contributed by atoms with Gasteiger partial charge in [-0.25, -0.2) is 4.98 Å². The van der Waals surface area contributed by atoms with E-state index >= 15 is 0 Å². The molecule has 0 aliphatic rings. The first-order chi connectivity index (χ1) is 5.84. The average molecular weight is 183 g/mol. The maximum Gasteiger partial charge on any atom is 0.217 e. The summed E-state index contributed by atoms with van der Waals surface area (Å²) in [6.45, 7) is 2.43. The summed E-state index contributed by atoms with van der Waals surface area (Å²) < 4.78 is 4.88. The van der Waals surface area contributed by atoms with Crippen LogP contribution in [0.5, 0.6) is 0 Å². The van der Waals surface area contributed by atoms with Gasteiger partial charge in [0.25, 0.3) is 0 Å². The van der Waals surface area contributed by atoms with Gasteiger partial charge in [0.2, 0.25) is 5.78 Å². The fourth-order valence-corrected chi connectivity index (χ4v) is 1.18. The molecule has 0 unspecified atom stereocenters. The van der Waals surface area contributed by atoms with Crippen LogP contribution in [0.3, 0.4) is 0 Å². The topological polar surface area (TPSA) is 39.2 Å². The fourth-order valence-electron chi connectivity index (χ4n) is 0.623. The van der Waals surface area contributed by atoms with Crippen molar-refractivity contribution in [2.24, 2.45) is 0 Å². The lowest BCUT2D eigenvalue weighted by Crippen LogP contribution is -1.92. The monoisotopic (exact) mass is 183 g/mol. The van der Waals surface area contributed by atoms with Crippen molar-refractivity contribution in [1.82, 2.24) is 4.98 Å². The van der Waals surface area contributed by atoms with Gasteiger partial charge in [0, 0.05) is 17.7 Å². The maximum absolute atomic E-state index is 11.2. The Balaban J connectivity index is 2.50. The second-order valence-electron chi connectivity index (χ2n) is 1.96. The summed E-state index contributed by atoms with van der Waals surface area (Å²) in [5.74, 6) is -0.113. The highest BCUT2D eigenvalue weighted by Crippen LogP contribution is 2.05. The molecule has 0 spiro atoms. The average Bonchev–Trinajstić information content (AvgIpc) is 2.56. The smallest absolute Gasteiger partial charge is 0.217 e. The summed E-state index contributed by atoms with van der Waals surface area (Å²) in [6.07, 6.45) is 4.37. The molecule has 0 atom stereocenters. The summed E-state index contributed by atoms with van der Waals surface area (Å²) >= 11 is 1.32. The molecule has 0 aliphatic heterocycles. The van der Waals surface area contributed by atoms with Gasteiger partial charge in [-0.05, 0) is 6.92 Å². The molecule has 64 valence electrons. The Hall–Kier alpha value is -1.16. The van der Waals surface area contributed by atoms with E-state index in [0.717, 1.165) is 0 Å². The normalized spacial score (nSPS) is 10.4. The van der Waals surface area contributed by atoms with Gasteiger partial charge < -0.3 is 4.74 Å². The van der Waals surface area contributed by atoms with Gasteiger partial charge in [-0.2, -0.15) is 0 Å². The van der Waals surface area contributed by atoms with Crippen molar-refractivity contribution >= 4 is 17.1 Å². The van der Waals surface area contributed by atoms with Gasteiger partial charge >= 0.3 is 0 Å². The lowest BCUT2D eigenvalue weighted by molar-refractivity contribution is 0.104. The molecular formula is C8H9NO2S. The van der Waals surface area contributed by atoms with Crippen molar-refractivity contribution in [3.8, 4) is 0 Å². The summed E-state index contributed by atoms with van der Waals surface area (Å²) in [4.78, 5) is 15.0. The quantitative estimate of drug-likeness (QED) is 0.406. The van der Waals surface area contributed by atoms with Gasteiger partial charge in [0.15, 0.2) is 5.01 Å². The standard InChI is InChI=1S/C8H9NO2S/c1-2-11-5-3-7(10)8-9-4-6-12-8/h3-6H,2H2,1H3/b5-3+. The molecular weight excluding hydrogens is 174 g/mol. The molecule has 12 heavy (non-hydrogen) atoms. The molecule has 0 saturated carbocycles. The first-order valence-corrected chi connectivity index (χ1v) is 4.44. The Morgan fingerprint density at radius 3 is 3.25 bits per heavy atom. The van der Waals surface area contributed by atoms with Crippen LogP contribution in [0.2, 0.25) is 0 Å². The number of nitrogens with zero attached hydrogens (tertiary/aromatic N) is 1. The van der Waals surface area contributed by atoms with Crippen LogP contribution in [-0.2, 0) is 4.74 Å². The molecule has 1 rings (SSSR count). The van der Waals surface area contributed by atoms with Crippen LogP contribution in [0.1, 0.15) is 16.7 Å². The number of allylic oxidation sites excluding steroid dienone is 1. The molecule has 1 aromatic rings. The van der Waals surface area contributed by atoms with E-state index in [0.29, 0.717) is 11.6 Å². The lowest BCUT2D eigenvalue weighted by Gasteiger charge is -1.90. The zero-order valence-corrected chi connectivity index (χ0v) is 7.50. The van der Waals surface area contributed by atoms with Crippen molar-refractivity contribution in [3.63, 3.8) is 0 Å². The Kier molecular flexibility index (Phi) is 3.47. The molecule has 0 fully saturated rings. The summed E-state index contributed by atoms with van der Waals surface area (Å²) in [7, 11) is 0. The maximum atomic E-state index is 11.2. The Morgan fingerprint density at radius 2 is 2.67 bits per heavy atom. The first-order valence-electron chi connectivity index (χ1n) is 3.56. The number of carbonyl (C=O) groups is 1. The van der Waals surface area contributed by atoms with E-state index in [1.165, 1.54) is 23.7 Å². The van der Waals surface area contributed by atoms with Gasteiger partial charge in [-0.3, -0.25) is 4.79 Å². The molecule has 0 aliphatic carbocycles. The number of hydrogen-bond acceptors (Lipinski definition) is 4. The van der Waals surface area contributed by atoms with Gasteiger partial charge in [0.05, 0.1) is 12.9 Å². The van der Waals surface area contributed by atoms with Gasteiger partial charge in [-0.15, -0.1) is 11.3 Å². The predicted octanol–water partition coefficient (Wildman–Crippen LogP) is 1.88. The largest absolute Gasteiger partial charge is 0.501 e. The third kappa shape index (κ3) is 2.47. The second-order valence-corrected chi connectivity index (χ2v) is 2.85. The lowest BCUT2D eigenvalue weighted by atomic mass is 10.4. The highest BCUT2D eigenvalue weighted by atomic mass is 32.1. The molecule has 4 heteroatoms. The van der Waals surface area contributed by atoms with E-state index in [1.54, 1.807) is 11.6 Å². The van der Waals surface area contributed by atoms with Crippen LogP contribution in [0.4, 0.5) is 0 Å². The van der Waals surface area contributed by atoms with E-state index in [2.05, 4.69) is 4.98 Å². The minimum Gasteiger partial charge on any atom is -0.501 e.